The van der Waals surface area contributed by atoms with Crippen molar-refractivity contribution in [2.75, 3.05) is 11.9 Å². The van der Waals surface area contributed by atoms with Gasteiger partial charge in [0.05, 0.1) is 5.69 Å². The fourth-order valence-electron chi connectivity index (χ4n) is 2.54. The largest absolute Gasteiger partial charge is 0.490 e. The molecule has 1 amide bonds. The third-order valence-electron chi connectivity index (χ3n) is 4.02. The summed E-state index contributed by atoms with van der Waals surface area (Å²) in [5, 5.41) is 9.91. The van der Waals surface area contributed by atoms with Crippen LogP contribution in [0.25, 0.3) is 11.3 Å². The highest BCUT2D eigenvalue weighted by atomic mass is 19.4. The maximum absolute atomic E-state index is 12.5. The smallest absolute Gasteiger partial charge is 0.485 e. The van der Waals surface area contributed by atoms with E-state index < -0.39 is 18.2 Å². The third-order valence-corrected chi connectivity index (χ3v) is 4.02. The summed E-state index contributed by atoms with van der Waals surface area (Å²) in [4.78, 5) is 29.8. The van der Waals surface area contributed by atoms with Crippen molar-refractivity contribution in [1.29, 1.82) is 0 Å². The number of para-hydroxylation sites is 2. The zero-order chi connectivity index (χ0) is 23.1. The number of hydrogen-bond donors (Lipinski definition) is 2. The second-order valence-electron chi connectivity index (χ2n) is 6.30. The summed E-state index contributed by atoms with van der Waals surface area (Å²) in [5.41, 5.74) is 1.68. The van der Waals surface area contributed by atoms with Crippen LogP contribution in [0.3, 0.4) is 0 Å². The molecule has 166 valence electrons. The van der Waals surface area contributed by atoms with Gasteiger partial charge in [-0.05, 0) is 36.4 Å². The molecular formula is C21H16F3N3O5. The van der Waals surface area contributed by atoms with Gasteiger partial charge in [-0.15, -0.1) is 0 Å². The van der Waals surface area contributed by atoms with Crippen LogP contribution >= 0.6 is 0 Å². The fraction of sp³-hybridized carbons (Fsp3) is 0.143. The van der Waals surface area contributed by atoms with Crippen LogP contribution in [-0.2, 0) is 9.59 Å². The van der Waals surface area contributed by atoms with Crippen LogP contribution in [0.5, 0.6) is 11.5 Å². The molecule has 1 unspecified atom stereocenters. The van der Waals surface area contributed by atoms with E-state index in [4.69, 9.17) is 19.4 Å². The first-order valence-corrected chi connectivity index (χ1v) is 9.11. The van der Waals surface area contributed by atoms with E-state index in [1.165, 1.54) is 0 Å². The molecule has 1 atom stereocenters. The molecule has 1 aromatic carbocycles. The van der Waals surface area contributed by atoms with E-state index >= 15 is 0 Å². The van der Waals surface area contributed by atoms with E-state index in [0.717, 1.165) is 11.3 Å². The van der Waals surface area contributed by atoms with Gasteiger partial charge in [0, 0.05) is 18.0 Å². The number of nitrogens with one attached hydrogen (secondary N) is 1. The van der Waals surface area contributed by atoms with Crippen LogP contribution in [0.15, 0.2) is 67.0 Å². The number of pyridine rings is 2. The Balaban J connectivity index is 0.000000360. The average Bonchev–Trinajstić information content (AvgIpc) is 2.79. The molecule has 0 saturated heterocycles. The van der Waals surface area contributed by atoms with Crippen LogP contribution in [0, 0.1) is 0 Å². The van der Waals surface area contributed by atoms with Crippen molar-refractivity contribution in [3.8, 4) is 22.8 Å². The number of anilines is 1. The standard InChI is InChI=1S/C19H15N3O3.C2HF3O2/c23-19(17-12-24-15-5-1-2-6-16(15)25-17)22-18-7-3-4-14(21-18)13-8-10-20-11-9-13;3-2(4,5)1(6)7/h1-11,17H,12H2,(H,21,22,23);(H,6,7). The summed E-state index contributed by atoms with van der Waals surface area (Å²) in [6.07, 6.45) is -2.40. The number of carbonyl (C=O) groups is 2. The van der Waals surface area contributed by atoms with Crippen LogP contribution in [-0.4, -0.2) is 45.8 Å². The first-order chi connectivity index (χ1) is 15.2. The maximum Gasteiger partial charge on any atom is 0.490 e. The number of rotatable bonds is 3. The molecule has 2 N–H and O–H groups in total. The first-order valence-electron chi connectivity index (χ1n) is 9.11. The Morgan fingerprint density at radius 3 is 2.31 bits per heavy atom. The molecule has 0 radical (unpaired) electrons. The minimum atomic E-state index is -5.08. The van der Waals surface area contributed by atoms with E-state index in [0.29, 0.717) is 17.3 Å². The quantitative estimate of drug-likeness (QED) is 0.632. The third kappa shape index (κ3) is 5.94. The Kier molecular flexibility index (Phi) is 6.88. The summed E-state index contributed by atoms with van der Waals surface area (Å²) in [5.74, 6) is -1.39. The van der Waals surface area contributed by atoms with Gasteiger partial charge in [0.15, 0.2) is 11.5 Å². The number of ether oxygens (including phenoxy) is 2. The lowest BCUT2D eigenvalue weighted by Gasteiger charge is -2.25. The van der Waals surface area contributed by atoms with Crippen molar-refractivity contribution in [2.45, 2.75) is 12.3 Å². The number of benzene rings is 1. The molecule has 1 aliphatic heterocycles. The summed E-state index contributed by atoms with van der Waals surface area (Å²) in [6, 6.07) is 16.5. The molecule has 11 heteroatoms. The predicted molar refractivity (Wildman–Crippen MR) is 106 cm³/mol. The number of alkyl halides is 3. The maximum atomic E-state index is 12.5. The van der Waals surface area contributed by atoms with Gasteiger partial charge in [-0.3, -0.25) is 9.78 Å². The molecular weight excluding hydrogens is 431 g/mol. The van der Waals surface area contributed by atoms with Crippen LogP contribution < -0.4 is 14.8 Å². The Labute approximate surface area is 179 Å². The van der Waals surface area contributed by atoms with Gasteiger partial charge >= 0.3 is 12.1 Å². The minimum Gasteiger partial charge on any atom is -0.485 e. The number of aromatic nitrogens is 2. The van der Waals surface area contributed by atoms with Crippen molar-refractivity contribution in [1.82, 2.24) is 9.97 Å². The predicted octanol–water partition coefficient (Wildman–Crippen LogP) is 3.56. The summed E-state index contributed by atoms with van der Waals surface area (Å²) >= 11 is 0. The Hall–Kier alpha value is -4.15. The molecule has 8 nitrogen and oxygen atoms in total. The summed E-state index contributed by atoms with van der Waals surface area (Å²) in [6.45, 7) is 0.160. The topological polar surface area (TPSA) is 111 Å². The van der Waals surface area contributed by atoms with Crippen molar-refractivity contribution < 1.29 is 37.3 Å². The fourth-order valence-corrected chi connectivity index (χ4v) is 2.54. The highest BCUT2D eigenvalue weighted by molar-refractivity contribution is 5.94. The molecule has 0 fully saturated rings. The number of nitrogens with zero attached hydrogens (tertiary/aromatic N) is 2. The molecule has 3 heterocycles. The first kappa shape index (κ1) is 22.5. The van der Waals surface area contributed by atoms with E-state index in [2.05, 4.69) is 15.3 Å². The van der Waals surface area contributed by atoms with Gasteiger partial charge in [0.25, 0.3) is 5.91 Å². The van der Waals surface area contributed by atoms with Gasteiger partial charge < -0.3 is 19.9 Å². The molecule has 0 bridgehead atoms. The summed E-state index contributed by atoms with van der Waals surface area (Å²) < 4.78 is 43.0. The van der Waals surface area contributed by atoms with Crippen LogP contribution in [0.4, 0.5) is 19.0 Å². The zero-order valence-electron chi connectivity index (χ0n) is 16.2. The molecule has 4 rings (SSSR count). The van der Waals surface area contributed by atoms with E-state index in [1.54, 1.807) is 24.5 Å². The van der Waals surface area contributed by atoms with Gasteiger partial charge in [-0.1, -0.05) is 18.2 Å². The number of carbonyl (C=O) groups excluding carboxylic acids is 1. The number of carboxylic acids is 1. The monoisotopic (exact) mass is 447 g/mol. The lowest BCUT2D eigenvalue weighted by atomic mass is 10.2. The Morgan fingerprint density at radius 1 is 1.00 bits per heavy atom. The van der Waals surface area contributed by atoms with Crippen LogP contribution in [0.1, 0.15) is 0 Å². The lowest BCUT2D eigenvalue weighted by molar-refractivity contribution is -0.192. The lowest BCUT2D eigenvalue weighted by Crippen LogP contribution is -2.40. The molecule has 0 saturated carbocycles. The molecule has 0 spiro atoms. The summed E-state index contributed by atoms with van der Waals surface area (Å²) in [7, 11) is 0. The van der Waals surface area contributed by atoms with E-state index in [1.807, 2.05) is 42.5 Å². The Bertz CT molecular complexity index is 1090. The number of amides is 1. The minimum absolute atomic E-state index is 0.160. The van der Waals surface area contributed by atoms with Gasteiger partial charge in [-0.25, -0.2) is 9.78 Å². The van der Waals surface area contributed by atoms with Gasteiger partial charge in [-0.2, -0.15) is 13.2 Å². The number of aliphatic carboxylic acids is 1. The number of halogens is 3. The van der Waals surface area contributed by atoms with Crippen molar-refractivity contribution >= 4 is 17.7 Å². The van der Waals surface area contributed by atoms with Crippen molar-refractivity contribution in [3.63, 3.8) is 0 Å². The number of carboxylic acid groups (broad SMARTS) is 1. The second-order valence-corrected chi connectivity index (χ2v) is 6.30. The Morgan fingerprint density at radius 2 is 1.66 bits per heavy atom. The van der Waals surface area contributed by atoms with Gasteiger partial charge in [0.2, 0.25) is 6.10 Å². The van der Waals surface area contributed by atoms with Crippen molar-refractivity contribution in [2.24, 2.45) is 0 Å². The van der Waals surface area contributed by atoms with Crippen molar-refractivity contribution in [3.05, 3.63) is 67.0 Å². The van der Waals surface area contributed by atoms with Crippen LogP contribution in [0.2, 0.25) is 0 Å². The SMILES string of the molecule is O=C(Nc1cccc(-c2ccncc2)n1)C1COc2ccccc2O1.O=C(O)C(F)(F)F. The normalized spacial score (nSPS) is 14.5. The van der Waals surface area contributed by atoms with E-state index in [-0.39, 0.29) is 12.5 Å². The highest BCUT2D eigenvalue weighted by Crippen LogP contribution is 2.31. The molecule has 3 aromatic rings. The number of fused-ring (bicyclic) bond motifs is 1. The molecule has 32 heavy (non-hydrogen) atoms. The zero-order valence-corrected chi connectivity index (χ0v) is 16.2. The number of hydrogen-bond acceptors (Lipinski definition) is 6. The van der Waals surface area contributed by atoms with Gasteiger partial charge in [0.1, 0.15) is 12.4 Å². The molecule has 2 aromatic heterocycles. The van der Waals surface area contributed by atoms with E-state index in [9.17, 15) is 18.0 Å². The highest BCUT2D eigenvalue weighted by Gasteiger charge is 2.38. The average molecular weight is 447 g/mol. The second kappa shape index (κ2) is 9.77. The molecule has 0 aliphatic carbocycles. The molecule has 1 aliphatic rings.